The van der Waals surface area contributed by atoms with Crippen LogP contribution >= 0.6 is 31.9 Å². The first-order valence-corrected chi connectivity index (χ1v) is 27.1. The second-order valence-electron chi connectivity index (χ2n) is 19.4. The van der Waals surface area contributed by atoms with Gasteiger partial charge in [0, 0.05) is 20.1 Å². The summed E-state index contributed by atoms with van der Waals surface area (Å²) in [5, 5.41) is 15.3. The van der Waals surface area contributed by atoms with E-state index >= 15 is 0 Å². The molecule has 0 radical (unpaired) electrons. The zero-order valence-corrected chi connectivity index (χ0v) is 47.2. The number of ether oxygens (including phenoxy) is 2. The van der Waals surface area contributed by atoms with Crippen molar-refractivity contribution >= 4 is 112 Å². The van der Waals surface area contributed by atoms with Crippen LogP contribution in [0.2, 0.25) is 0 Å². The van der Waals surface area contributed by atoms with Crippen molar-refractivity contribution in [3.8, 4) is 11.5 Å². The smallest absolute Gasteiger partial charge is 0.251 e. The van der Waals surface area contributed by atoms with Crippen molar-refractivity contribution < 1.29 is 38.2 Å². The summed E-state index contributed by atoms with van der Waals surface area (Å²) < 4.78 is 13.5. The minimum atomic E-state index is -1.14. The molecule has 4 N–H and O–H groups in total. The van der Waals surface area contributed by atoms with Gasteiger partial charge < -0.3 is 50.3 Å². The van der Waals surface area contributed by atoms with Crippen molar-refractivity contribution in [2.24, 2.45) is 0 Å². The summed E-state index contributed by atoms with van der Waals surface area (Å²) in [5.41, 5.74) is 4.59. The van der Waals surface area contributed by atoms with Crippen LogP contribution in [0.15, 0.2) is 142 Å². The number of nitrogens with one attached hydrogen (secondary N) is 4. The molecule has 2 heterocycles. The topological polar surface area (TPSA) is 182 Å². The number of halogens is 2. The standard InChI is InChI=1S/C60H60Br2N8O8/c1-35(63-3)57(73)65-47-33-67(49-14-7-9-16-51(49)69(59(47)75)31-45-43-22-20-41(61)29-39(43)18-24-53(45)77-5)55(71)27-37-12-11-13-38(26-37)28-56(72)68-34-48(66-58(74)36(2)64-4)60(76)70(52-17-10-8-15-50(52)68)32-46-44-23-21-42(62)30-40(44)19-25-54(46)78-6/h7-26,29-30,35-36,47-48,63-64H,27-28,31-34H2,1-6H3,(H,65,73)(H,66,74)/t35-,36-,47-,48-/m0/s1. The van der Waals surface area contributed by atoms with Crippen molar-refractivity contribution in [3.05, 3.63) is 165 Å². The minimum Gasteiger partial charge on any atom is -0.496 e. The number of amides is 6. The minimum absolute atomic E-state index is 0.0667. The number of rotatable bonds is 16. The number of hydrogen-bond acceptors (Lipinski definition) is 10. The Hall–Kier alpha value is -7.64. The molecule has 18 heteroatoms. The molecule has 0 saturated carbocycles. The van der Waals surface area contributed by atoms with Crippen LogP contribution in [0.4, 0.5) is 22.7 Å². The third-order valence-electron chi connectivity index (χ3n) is 14.5. The average molecular weight is 1180 g/mol. The van der Waals surface area contributed by atoms with Crippen LogP contribution in [0.25, 0.3) is 21.5 Å². The maximum Gasteiger partial charge on any atom is 0.251 e. The fraction of sp³-hybridized carbons (Fsp3) is 0.267. The molecule has 9 rings (SSSR count). The van der Waals surface area contributed by atoms with Gasteiger partial charge in [0.1, 0.15) is 23.6 Å². The summed E-state index contributed by atoms with van der Waals surface area (Å²) in [5.74, 6) is -1.20. The molecule has 7 aromatic rings. The number of fused-ring (bicyclic) bond motifs is 4. The molecular weight excluding hydrogens is 1120 g/mol. The Morgan fingerprint density at radius 2 is 0.936 bits per heavy atom. The zero-order chi connectivity index (χ0) is 55.4. The highest BCUT2D eigenvalue weighted by Gasteiger charge is 2.40. The van der Waals surface area contributed by atoms with E-state index in [1.54, 1.807) is 135 Å². The monoisotopic (exact) mass is 1180 g/mol. The van der Waals surface area contributed by atoms with Crippen molar-refractivity contribution in [3.63, 3.8) is 0 Å². The quantitative estimate of drug-likeness (QED) is 0.0741. The maximum absolute atomic E-state index is 15.0. The zero-order valence-electron chi connectivity index (χ0n) is 44.1. The molecule has 0 spiro atoms. The number of nitrogens with zero attached hydrogens (tertiary/aromatic N) is 4. The van der Waals surface area contributed by atoms with E-state index in [2.05, 4.69) is 53.1 Å². The first kappa shape index (κ1) is 55.1. The lowest BCUT2D eigenvalue weighted by molar-refractivity contribution is -0.128. The van der Waals surface area contributed by atoms with E-state index in [0.717, 1.165) is 41.6 Å². The molecule has 16 nitrogen and oxygen atoms in total. The van der Waals surface area contributed by atoms with Crippen LogP contribution in [0.5, 0.6) is 11.5 Å². The molecule has 0 unspecified atom stereocenters. The molecule has 0 aromatic heterocycles. The summed E-state index contributed by atoms with van der Waals surface area (Å²) in [4.78, 5) is 93.3. The van der Waals surface area contributed by atoms with Crippen LogP contribution in [0, 0.1) is 0 Å². The molecule has 0 fully saturated rings. The van der Waals surface area contributed by atoms with E-state index in [1.165, 1.54) is 0 Å². The third kappa shape index (κ3) is 11.5. The number of methoxy groups -OCH3 is 2. The highest BCUT2D eigenvalue weighted by molar-refractivity contribution is 9.10. The van der Waals surface area contributed by atoms with Crippen LogP contribution < -0.4 is 50.3 Å². The van der Waals surface area contributed by atoms with Gasteiger partial charge in [0.2, 0.25) is 23.6 Å². The fourth-order valence-electron chi connectivity index (χ4n) is 10.1. The van der Waals surface area contributed by atoms with Crippen molar-refractivity contribution in [1.29, 1.82) is 0 Å². The largest absolute Gasteiger partial charge is 0.496 e. The van der Waals surface area contributed by atoms with E-state index in [1.807, 2.05) is 60.7 Å². The van der Waals surface area contributed by atoms with Gasteiger partial charge in [-0.2, -0.15) is 0 Å². The lowest BCUT2D eigenvalue weighted by Gasteiger charge is -2.27. The average Bonchev–Trinajstić information content (AvgIpc) is 3.83. The lowest BCUT2D eigenvalue weighted by atomic mass is 10.0. The summed E-state index contributed by atoms with van der Waals surface area (Å²) in [6.45, 7) is 3.19. The molecule has 4 atom stereocenters. The SMILES string of the molecule is CN[C@@H](C)C(=O)N[C@H]1CN(C(=O)Cc2cccc(CC(=O)N3C[C@H](NC(=O)[C@H](C)NC)C(=O)N(Cc4c(OC)ccc5cc(Br)ccc45)c4ccccc43)c2)c2ccccc2N(Cc2c(OC)ccc3cc(Br)ccc23)C1=O. The van der Waals surface area contributed by atoms with E-state index < -0.39 is 47.8 Å². The predicted octanol–water partition coefficient (Wildman–Crippen LogP) is 7.97. The van der Waals surface area contributed by atoms with Gasteiger partial charge in [-0.15, -0.1) is 0 Å². The van der Waals surface area contributed by atoms with Crippen LogP contribution in [-0.2, 0) is 54.7 Å². The number of carbonyl (C=O) groups is 6. The molecule has 7 aromatic carbocycles. The molecular formula is C60H60Br2N8O8. The highest BCUT2D eigenvalue weighted by atomic mass is 79.9. The second-order valence-corrected chi connectivity index (χ2v) is 21.2. The van der Waals surface area contributed by atoms with Gasteiger partial charge in [0.05, 0.1) is 88.1 Å². The third-order valence-corrected chi connectivity index (χ3v) is 15.5. The molecule has 0 bridgehead atoms. The Bertz CT molecular complexity index is 3260. The van der Waals surface area contributed by atoms with Crippen LogP contribution in [0.3, 0.4) is 0 Å². The summed E-state index contributed by atoms with van der Waals surface area (Å²) in [7, 11) is 6.46. The van der Waals surface area contributed by atoms with Gasteiger partial charge in [-0.3, -0.25) is 28.8 Å². The molecule has 402 valence electrons. The first-order chi connectivity index (χ1) is 37.6. The Balaban J connectivity index is 1.02. The van der Waals surface area contributed by atoms with Crippen LogP contribution in [-0.4, -0.2) is 101 Å². The fourth-order valence-corrected chi connectivity index (χ4v) is 10.9. The predicted molar refractivity (Wildman–Crippen MR) is 311 cm³/mol. The van der Waals surface area contributed by atoms with Gasteiger partial charge in [0.15, 0.2) is 0 Å². The first-order valence-electron chi connectivity index (χ1n) is 25.6. The van der Waals surface area contributed by atoms with Crippen molar-refractivity contribution in [2.75, 3.05) is 61.0 Å². The second kappa shape index (κ2) is 23.9. The van der Waals surface area contributed by atoms with Gasteiger partial charge in [-0.1, -0.05) is 105 Å². The number of carbonyl (C=O) groups excluding carboxylic acids is 6. The van der Waals surface area contributed by atoms with E-state index in [0.29, 0.717) is 45.4 Å². The molecule has 2 aliphatic rings. The van der Waals surface area contributed by atoms with Crippen LogP contribution in [0.1, 0.15) is 36.1 Å². The molecule has 6 amide bonds. The lowest BCUT2D eigenvalue weighted by Crippen LogP contribution is -2.56. The summed E-state index contributed by atoms with van der Waals surface area (Å²) in [6, 6.07) is 37.4. The molecule has 78 heavy (non-hydrogen) atoms. The number of likely N-dealkylation sites (N-methyl/N-ethyl adjacent to an activating group) is 2. The van der Waals surface area contributed by atoms with Crippen molar-refractivity contribution in [2.45, 2.75) is 63.9 Å². The Labute approximate surface area is 469 Å². The van der Waals surface area contributed by atoms with Gasteiger partial charge in [0.25, 0.3) is 11.8 Å². The number of benzene rings is 7. The van der Waals surface area contributed by atoms with Gasteiger partial charge in [-0.05, 0) is 121 Å². The highest BCUT2D eigenvalue weighted by Crippen LogP contribution is 2.40. The Kier molecular flexibility index (Phi) is 16.9. The van der Waals surface area contributed by atoms with Gasteiger partial charge >= 0.3 is 0 Å². The summed E-state index contributed by atoms with van der Waals surface area (Å²) in [6.07, 6.45) is -0.237. The Morgan fingerprint density at radius 1 is 0.538 bits per heavy atom. The number of anilines is 4. The van der Waals surface area contributed by atoms with Gasteiger partial charge in [-0.25, -0.2) is 0 Å². The van der Waals surface area contributed by atoms with E-state index in [4.69, 9.17) is 9.47 Å². The molecule has 2 aliphatic heterocycles. The molecule has 0 saturated heterocycles. The number of hydrogen-bond donors (Lipinski definition) is 4. The number of para-hydroxylation sites is 4. The van der Waals surface area contributed by atoms with E-state index in [9.17, 15) is 28.8 Å². The molecule has 0 aliphatic carbocycles. The van der Waals surface area contributed by atoms with Crippen molar-refractivity contribution in [1.82, 2.24) is 21.3 Å². The summed E-state index contributed by atoms with van der Waals surface area (Å²) >= 11 is 7.15. The van der Waals surface area contributed by atoms with E-state index in [-0.39, 0.29) is 50.8 Å². The maximum atomic E-state index is 15.0. The Morgan fingerprint density at radius 3 is 1.32 bits per heavy atom. The normalized spacial score (nSPS) is 16.2.